The predicted octanol–water partition coefficient (Wildman–Crippen LogP) is 2.30. The molecule has 0 N–H and O–H groups in total. The average molecular weight is 219 g/mol. The number of hydrogen-bond donors (Lipinski definition) is 0. The molecule has 0 aromatic heterocycles. The summed E-state index contributed by atoms with van der Waals surface area (Å²) < 4.78 is 13.0. The van der Waals surface area contributed by atoms with Gasteiger partial charge in [0.15, 0.2) is 0 Å². The third-order valence-electron chi connectivity index (χ3n) is 1.02. The molecule has 3 nitrogen and oxygen atoms in total. The third kappa shape index (κ3) is 1.74. The van der Waals surface area contributed by atoms with Crippen LogP contribution in [0.25, 0.3) is 0 Å². The summed E-state index contributed by atoms with van der Waals surface area (Å²) >= 11 is 2.95. The van der Waals surface area contributed by atoms with E-state index in [9.17, 15) is 14.5 Å². The molecule has 1 rings (SSSR count). The van der Waals surface area contributed by atoms with E-state index in [4.69, 9.17) is 0 Å². The Morgan fingerprint density at radius 2 is 2.36 bits per heavy atom. The monoisotopic (exact) mass is 218 g/mol. The van der Waals surface area contributed by atoms with E-state index in [1.807, 2.05) is 0 Å². The fraction of sp³-hybridized carbons (Fsp3) is 0. The summed E-state index contributed by atoms with van der Waals surface area (Å²) in [6, 6.07) is 4.50. The molecule has 5 heteroatoms. The zero-order valence-corrected chi connectivity index (χ0v) is 6.76. The molecule has 0 bridgehead atoms. The zero-order valence-electron chi connectivity index (χ0n) is 5.17. The number of hydrogen-bond acceptors (Lipinski definition) is 2. The Bertz CT molecular complexity index is 303. The third-order valence-corrected chi connectivity index (χ3v) is 1.48. The molecule has 57 valence electrons. The van der Waals surface area contributed by atoms with Gasteiger partial charge in [-0.15, -0.1) is 0 Å². The van der Waals surface area contributed by atoms with Crippen molar-refractivity contribution < 1.29 is 9.31 Å². The van der Waals surface area contributed by atoms with Crippen LogP contribution < -0.4 is 0 Å². The van der Waals surface area contributed by atoms with Crippen molar-refractivity contribution in [1.29, 1.82) is 0 Å². The Hall–Kier alpha value is -0.970. The van der Waals surface area contributed by atoms with E-state index in [1.54, 1.807) is 0 Å². The second-order valence-corrected chi connectivity index (χ2v) is 2.69. The van der Waals surface area contributed by atoms with Crippen molar-refractivity contribution >= 4 is 21.6 Å². The lowest BCUT2D eigenvalue weighted by molar-refractivity contribution is -0.387. The van der Waals surface area contributed by atoms with Gasteiger partial charge in [0.25, 0.3) is 0 Å². The lowest BCUT2D eigenvalue weighted by Gasteiger charge is -1.92. The maximum absolute atomic E-state index is 12.6. The molecule has 0 heterocycles. The number of benzene rings is 1. The number of nitro groups is 1. The maximum atomic E-state index is 12.6. The molecular weight excluding hydrogens is 217 g/mol. The van der Waals surface area contributed by atoms with Gasteiger partial charge in [0.05, 0.1) is 11.0 Å². The molecule has 0 aliphatic rings. The minimum absolute atomic E-state index is 0.431. The molecule has 11 heavy (non-hydrogen) atoms. The molecule has 0 atom stereocenters. The normalized spacial score (nSPS) is 9.64. The Morgan fingerprint density at radius 3 is 2.82 bits per heavy atom. The summed E-state index contributed by atoms with van der Waals surface area (Å²) in [6.07, 6.45) is 0. The molecule has 0 unspecified atom stereocenters. The topological polar surface area (TPSA) is 43.1 Å². The molecular formula is C6H2BrFNO2. The molecule has 0 aliphatic carbocycles. The highest BCUT2D eigenvalue weighted by molar-refractivity contribution is 9.10. The standard InChI is InChI=1S/C6H2BrFNO2/c7-4-1-2-6(9(10)11)5(8)3-4/h1,3H. The van der Waals surface area contributed by atoms with E-state index in [0.29, 0.717) is 4.47 Å². The molecule has 1 aromatic carbocycles. The smallest absolute Gasteiger partial charge is 0.258 e. The minimum atomic E-state index is -0.885. The van der Waals surface area contributed by atoms with E-state index >= 15 is 0 Å². The number of rotatable bonds is 1. The molecule has 1 radical (unpaired) electrons. The van der Waals surface area contributed by atoms with Crippen molar-refractivity contribution in [2.24, 2.45) is 0 Å². The van der Waals surface area contributed by atoms with Gasteiger partial charge in [-0.05, 0) is 12.1 Å². The minimum Gasteiger partial charge on any atom is -0.258 e. The second-order valence-electron chi connectivity index (χ2n) is 1.77. The van der Waals surface area contributed by atoms with Crippen LogP contribution in [0.2, 0.25) is 0 Å². The molecule has 1 aromatic rings. The summed E-state index contributed by atoms with van der Waals surface area (Å²) in [5.41, 5.74) is -0.631. The van der Waals surface area contributed by atoms with Crippen LogP contribution in [0.4, 0.5) is 10.1 Å². The number of nitro benzene ring substituents is 1. The van der Waals surface area contributed by atoms with E-state index in [0.717, 1.165) is 6.07 Å². The molecule has 0 saturated heterocycles. The first-order valence-corrected chi connectivity index (χ1v) is 3.41. The number of halogens is 2. The van der Waals surface area contributed by atoms with Gasteiger partial charge in [-0.25, -0.2) is 0 Å². The highest BCUT2D eigenvalue weighted by Gasteiger charge is 2.12. The fourth-order valence-electron chi connectivity index (χ4n) is 0.577. The zero-order chi connectivity index (χ0) is 8.43. The highest BCUT2D eigenvalue weighted by atomic mass is 79.9. The Morgan fingerprint density at radius 1 is 1.73 bits per heavy atom. The van der Waals surface area contributed by atoms with Crippen LogP contribution in [0.5, 0.6) is 0 Å². The summed E-state index contributed by atoms with van der Waals surface area (Å²) in [6.45, 7) is 0. The summed E-state index contributed by atoms with van der Waals surface area (Å²) in [5.74, 6) is -0.885. The largest absolute Gasteiger partial charge is 0.312 e. The van der Waals surface area contributed by atoms with E-state index in [2.05, 4.69) is 22.0 Å². The lowest BCUT2D eigenvalue weighted by atomic mass is 10.3. The maximum Gasteiger partial charge on any atom is 0.312 e. The lowest BCUT2D eigenvalue weighted by Crippen LogP contribution is -1.91. The molecule has 0 amide bonds. The van der Waals surface area contributed by atoms with Crippen molar-refractivity contribution in [2.75, 3.05) is 0 Å². The first kappa shape index (κ1) is 8.13. The predicted molar refractivity (Wildman–Crippen MR) is 39.6 cm³/mol. The average Bonchev–Trinajstić information content (AvgIpc) is 1.85. The van der Waals surface area contributed by atoms with Crippen LogP contribution in [0.1, 0.15) is 0 Å². The van der Waals surface area contributed by atoms with Crippen LogP contribution >= 0.6 is 15.9 Å². The summed E-state index contributed by atoms with van der Waals surface area (Å²) in [4.78, 5) is 9.23. The molecule has 0 fully saturated rings. The highest BCUT2D eigenvalue weighted by Crippen LogP contribution is 2.19. The van der Waals surface area contributed by atoms with E-state index in [1.165, 1.54) is 6.07 Å². The molecule has 0 aliphatic heterocycles. The van der Waals surface area contributed by atoms with Crippen LogP contribution in [-0.2, 0) is 0 Å². The van der Waals surface area contributed by atoms with Crippen molar-refractivity contribution in [2.45, 2.75) is 0 Å². The van der Waals surface area contributed by atoms with Crippen molar-refractivity contribution in [3.8, 4) is 0 Å². The van der Waals surface area contributed by atoms with Gasteiger partial charge in [0.1, 0.15) is 0 Å². The quantitative estimate of drug-likeness (QED) is 0.537. The van der Waals surface area contributed by atoms with Crippen molar-refractivity contribution in [3.05, 3.63) is 38.6 Å². The van der Waals surface area contributed by atoms with Crippen LogP contribution in [-0.4, -0.2) is 4.92 Å². The van der Waals surface area contributed by atoms with Crippen LogP contribution in [0, 0.1) is 22.0 Å². The van der Waals surface area contributed by atoms with E-state index < -0.39 is 16.4 Å². The molecule has 0 saturated carbocycles. The van der Waals surface area contributed by atoms with Crippen molar-refractivity contribution in [3.63, 3.8) is 0 Å². The van der Waals surface area contributed by atoms with Gasteiger partial charge in [-0.1, -0.05) is 15.9 Å². The van der Waals surface area contributed by atoms with Gasteiger partial charge < -0.3 is 0 Å². The van der Waals surface area contributed by atoms with Gasteiger partial charge >= 0.3 is 5.69 Å². The fourth-order valence-corrected chi connectivity index (χ4v) is 0.893. The summed E-state index contributed by atoms with van der Waals surface area (Å²) in [5, 5.41) is 10.1. The van der Waals surface area contributed by atoms with Crippen LogP contribution in [0.3, 0.4) is 0 Å². The first-order chi connectivity index (χ1) is 5.11. The molecule has 0 spiro atoms. The SMILES string of the molecule is O=[N+]([O-])c1[c]cc(Br)cc1F. The van der Waals surface area contributed by atoms with Crippen LogP contribution in [0.15, 0.2) is 16.6 Å². The van der Waals surface area contributed by atoms with Gasteiger partial charge in [0, 0.05) is 4.47 Å². The first-order valence-electron chi connectivity index (χ1n) is 2.62. The Balaban J connectivity index is 3.20. The summed E-state index contributed by atoms with van der Waals surface area (Å²) in [7, 11) is 0. The van der Waals surface area contributed by atoms with Crippen molar-refractivity contribution in [1.82, 2.24) is 0 Å². The van der Waals surface area contributed by atoms with Gasteiger partial charge in [-0.3, -0.25) is 10.1 Å². The number of nitrogens with zero attached hydrogens (tertiary/aromatic N) is 1. The second kappa shape index (κ2) is 2.96. The van der Waals surface area contributed by atoms with Gasteiger partial charge in [0.2, 0.25) is 5.82 Å². The Kier molecular flexibility index (Phi) is 2.19. The van der Waals surface area contributed by atoms with Gasteiger partial charge in [-0.2, -0.15) is 4.39 Å². The Labute approximate surface area is 70.1 Å². The van der Waals surface area contributed by atoms with E-state index in [-0.39, 0.29) is 0 Å².